The molecule has 0 aromatic heterocycles. The summed E-state index contributed by atoms with van der Waals surface area (Å²) in [5, 5.41) is 5.98. The van der Waals surface area contributed by atoms with E-state index in [2.05, 4.69) is 10.6 Å². The predicted octanol–water partition coefficient (Wildman–Crippen LogP) is 3.17. The van der Waals surface area contributed by atoms with Gasteiger partial charge >= 0.3 is 0 Å². The van der Waals surface area contributed by atoms with Crippen molar-refractivity contribution in [1.29, 1.82) is 0 Å². The highest BCUT2D eigenvalue weighted by Gasteiger charge is 2.30. The highest BCUT2D eigenvalue weighted by atomic mass is 19.1. The van der Waals surface area contributed by atoms with E-state index in [0.717, 1.165) is 12.6 Å². The molecule has 0 saturated heterocycles. The molecule has 1 unspecified atom stereocenters. The van der Waals surface area contributed by atoms with Gasteiger partial charge in [0, 0.05) is 11.6 Å². The summed E-state index contributed by atoms with van der Waals surface area (Å²) in [7, 11) is 0. The Morgan fingerprint density at radius 3 is 2.55 bits per heavy atom. The van der Waals surface area contributed by atoms with Crippen molar-refractivity contribution in [3.05, 3.63) is 35.4 Å². The SMILES string of the molecule is CC(C)(C)C(NC(=O)CNCC1CC1)c1ccc(F)cc1F. The van der Waals surface area contributed by atoms with Crippen LogP contribution in [-0.4, -0.2) is 19.0 Å². The average molecular weight is 310 g/mol. The fraction of sp³-hybridized carbons (Fsp3) is 0.588. The van der Waals surface area contributed by atoms with Crippen LogP contribution in [0.3, 0.4) is 0 Å². The lowest BCUT2D eigenvalue weighted by atomic mass is 9.82. The standard InChI is InChI=1S/C17H24F2N2O/c1-17(2,3)16(13-7-6-12(18)8-14(13)19)21-15(22)10-20-9-11-4-5-11/h6-8,11,16,20H,4-5,9-10H2,1-3H3,(H,21,22). The van der Waals surface area contributed by atoms with Gasteiger partial charge in [-0.05, 0) is 36.8 Å². The third-order valence-corrected chi connectivity index (χ3v) is 3.86. The van der Waals surface area contributed by atoms with E-state index in [1.54, 1.807) is 0 Å². The van der Waals surface area contributed by atoms with E-state index in [9.17, 15) is 13.6 Å². The van der Waals surface area contributed by atoms with E-state index in [0.29, 0.717) is 11.5 Å². The molecule has 1 aliphatic carbocycles. The number of nitrogens with one attached hydrogen (secondary N) is 2. The van der Waals surface area contributed by atoms with Crippen LogP contribution in [0.1, 0.15) is 45.2 Å². The van der Waals surface area contributed by atoms with Gasteiger partial charge in [-0.1, -0.05) is 26.8 Å². The highest BCUT2D eigenvalue weighted by Crippen LogP contribution is 2.34. The van der Waals surface area contributed by atoms with E-state index < -0.39 is 17.7 Å². The van der Waals surface area contributed by atoms with Crippen LogP contribution in [0.2, 0.25) is 0 Å². The Balaban J connectivity index is 2.03. The third-order valence-electron chi connectivity index (χ3n) is 3.86. The quantitative estimate of drug-likeness (QED) is 0.847. The zero-order chi connectivity index (χ0) is 16.3. The van der Waals surface area contributed by atoms with Crippen molar-refractivity contribution in [2.45, 2.75) is 39.7 Å². The molecular weight excluding hydrogens is 286 g/mol. The molecule has 122 valence electrons. The predicted molar refractivity (Wildman–Crippen MR) is 82.3 cm³/mol. The lowest BCUT2D eigenvalue weighted by Gasteiger charge is -2.32. The van der Waals surface area contributed by atoms with Crippen LogP contribution in [-0.2, 0) is 4.79 Å². The van der Waals surface area contributed by atoms with Crippen molar-refractivity contribution in [2.24, 2.45) is 11.3 Å². The first-order valence-electron chi connectivity index (χ1n) is 7.72. The molecule has 1 aliphatic rings. The maximum absolute atomic E-state index is 14.0. The molecule has 0 aliphatic heterocycles. The molecule has 1 amide bonds. The summed E-state index contributed by atoms with van der Waals surface area (Å²) in [5.74, 6) is -0.734. The molecule has 2 rings (SSSR count). The molecule has 22 heavy (non-hydrogen) atoms. The van der Waals surface area contributed by atoms with Gasteiger partial charge in [-0.2, -0.15) is 0 Å². The van der Waals surface area contributed by atoms with Crippen molar-refractivity contribution in [2.75, 3.05) is 13.1 Å². The minimum atomic E-state index is -0.633. The van der Waals surface area contributed by atoms with Gasteiger partial charge in [-0.15, -0.1) is 0 Å². The third kappa shape index (κ3) is 4.77. The van der Waals surface area contributed by atoms with Crippen LogP contribution in [0, 0.1) is 23.0 Å². The minimum absolute atomic E-state index is 0.177. The molecule has 1 aromatic carbocycles. The number of benzene rings is 1. The molecule has 5 heteroatoms. The largest absolute Gasteiger partial charge is 0.348 e. The second-order valence-corrected chi connectivity index (χ2v) is 7.11. The lowest BCUT2D eigenvalue weighted by molar-refractivity contribution is -0.121. The van der Waals surface area contributed by atoms with Crippen molar-refractivity contribution >= 4 is 5.91 Å². The number of halogens is 2. The summed E-state index contributed by atoms with van der Waals surface area (Å²) in [6.07, 6.45) is 2.44. The van der Waals surface area contributed by atoms with Crippen LogP contribution in [0.15, 0.2) is 18.2 Å². The molecular formula is C17H24F2N2O. The Morgan fingerprint density at radius 1 is 1.32 bits per heavy atom. The number of hydrogen-bond donors (Lipinski definition) is 2. The van der Waals surface area contributed by atoms with Gasteiger partial charge in [-0.25, -0.2) is 8.78 Å². The molecule has 1 aromatic rings. The summed E-state index contributed by atoms with van der Waals surface area (Å²) in [6, 6.07) is 2.96. The first-order chi connectivity index (χ1) is 10.3. The smallest absolute Gasteiger partial charge is 0.234 e. The molecule has 3 nitrogen and oxygen atoms in total. The van der Waals surface area contributed by atoms with Crippen LogP contribution in [0.25, 0.3) is 0 Å². The average Bonchev–Trinajstić information content (AvgIpc) is 3.19. The second kappa shape index (κ2) is 6.73. The van der Waals surface area contributed by atoms with Gasteiger partial charge in [0.1, 0.15) is 11.6 Å². The van der Waals surface area contributed by atoms with E-state index in [1.807, 2.05) is 20.8 Å². The van der Waals surface area contributed by atoms with Crippen LogP contribution in [0.4, 0.5) is 8.78 Å². The second-order valence-electron chi connectivity index (χ2n) is 7.11. The van der Waals surface area contributed by atoms with E-state index in [-0.39, 0.29) is 17.9 Å². The summed E-state index contributed by atoms with van der Waals surface area (Å²) in [5.41, 5.74) is -0.0744. The molecule has 1 atom stereocenters. The normalized spacial score (nSPS) is 16.4. The number of carbonyl (C=O) groups is 1. The Morgan fingerprint density at radius 2 is 2.00 bits per heavy atom. The summed E-state index contributed by atoms with van der Waals surface area (Å²) in [6.45, 7) is 6.81. The minimum Gasteiger partial charge on any atom is -0.348 e. The fourth-order valence-corrected chi connectivity index (χ4v) is 2.42. The van der Waals surface area contributed by atoms with E-state index >= 15 is 0 Å². The Labute approximate surface area is 130 Å². The van der Waals surface area contributed by atoms with Crippen molar-refractivity contribution in [3.63, 3.8) is 0 Å². The van der Waals surface area contributed by atoms with Crippen LogP contribution >= 0.6 is 0 Å². The Bertz CT molecular complexity index is 536. The van der Waals surface area contributed by atoms with Gasteiger partial charge in [0.05, 0.1) is 12.6 Å². The fourth-order valence-electron chi connectivity index (χ4n) is 2.42. The van der Waals surface area contributed by atoms with Crippen molar-refractivity contribution < 1.29 is 13.6 Å². The van der Waals surface area contributed by atoms with Gasteiger partial charge in [0.25, 0.3) is 0 Å². The molecule has 0 radical (unpaired) electrons. The zero-order valence-corrected chi connectivity index (χ0v) is 13.4. The number of amides is 1. The van der Waals surface area contributed by atoms with Crippen molar-refractivity contribution in [1.82, 2.24) is 10.6 Å². The van der Waals surface area contributed by atoms with Gasteiger partial charge < -0.3 is 10.6 Å². The first kappa shape index (κ1) is 16.9. The highest BCUT2D eigenvalue weighted by molar-refractivity contribution is 5.78. The maximum atomic E-state index is 14.0. The lowest BCUT2D eigenvalue weighted by Crippen LogP contribution is -2.41. The summed E-state index contributed by atoms with van der Waals surface area (Å²) < 4.78 is 27.1. The van der Waals surface area contributed by atoms with E-state index in [4.69, 9.17) is 0 Å². The number of hydrogen-bond acceptors (Lipinski definition) is 2. The zero-order valence-electron chi connectivity index (χ0n) is 13.4. The van der Waals surface area contributed by atoms with Gasteiger partial charge in [0.15, 0.2) is 0 Å². The summed E-state index contributed by atoms with van der Waals surface area (Å²) in [4.78, 5) is 12.1. The number of carbonyl (C=O) groups excluding carboxylic acids is 1. The van der Waals surface area contributed by atoms with Gasteiger partial charge in [0.2, 0.25) is 5.91 Å². The van der Waals surface area contributed by atoms with Gasteiger partial charge in [-0.3, -0.25) is 4.79 Å². The topological polar surface area (TPSA) is 41.1 Å². The molecule has 1 fully saturated rings. The monoisotopic (exact) mass is 310 g/mol. The first-order valence-corrected chi connectivity index (χ1v) is 7.72. The molecule has 0 spiro atoms. The van der Waals surface area contributed by atoms with E-state index in [1.165, 1.54) is 25.0 Å². The molecule has 2 N–H and O–H groups in total. The molecule has 1 saturated carbocycles. The Hall–Kier alpha value is -1.49. The van der Waals surface area contributed by atoms with Crippen LogP contribution < -0.4 is 10.6 Å². The maximum Gasteiger partial charge on any atom is 0.234 e. The Kier molecular flexibility index (Phi) is 5.16. The summed E-state index contributed by atoms with van der Waals surface area (Å²) >= 11 is 0. The molecule has 0 bridgehead atoms. The number of rotatable bonds is 6. The van der Waals surface area contributed by atoms with Crippen molar-refractivity contribution in [3.8, 4) is 0 Å². The molecule has 0 heterocycles. The van der Waals surface area contributed by atoms with Crippen LogP contribution in [0.5, 0.6) is 0 Å².